The predicted octanol–water partition coefficient (Wildman–Crippen LogP) is 3.56. The Morgan fingerprint density at radius 3 is 2.55 bits per heavy atom. The van der Waals surface area contributed by atoms with Crippen molar-refractivity contribution in [2.45, 2.75) is 32.9 Å². The zero-order valence-corrected chi connectivity index (χ0v) is 11.9. The fourth-order valence-electron chi connectivity index (χ4n) is 2.19. The Labute approximate surface area is 119 Å². The van der Waals surface area contributed by atoms with E-state index in [0.29, 0.717) is 12.3 Å². The molecule has 0 aliphatic heterocycles. The first kappa shape index (κ1) is 14.5. The van der Waals surface area contributed by atoms with E-state index in [1.165, 1.54) is 12.1 Å². The normalized spacial score (nSPS) is 12.3. The van der Waals surface area contributed by atoms with Crippen molar-refractivity contribution >= 4 is 0 Å². The summed E-state index contributed by atoms with van der Waals surface area (Å²) in [4.78, 5) is 0. The molecule has 2 rings (SSSR count). The third-order valence-corrected chi connectivity index (χ3v) is 3.42. The molecule has 0 amide bonds. The second-order valence-electron chi connectivity index (χ2n) is 5.20. The second kappa shape index (κ2) is 6.53. The highest BCUT2D eigenvalue weighted by Crippen LogP contribution is 2.21. The molecule has 2 N–H and O–H groups in total. The van der Waals surface area contributed by atoms with Gasteiger partial charge in [-0.2, -0.15) is 0 Å². The summed E-state index contributed by atoms with van der Waals surface area (Å²) < 4.78 is 12.8. The summed E-state index contributed by atoms with van der Waals surface area (Å²) in [6.07, 6.45) is 0.826. The molecule has 0 spiro atoms. The predicted molar refractivity (Wildman–Crippen MR) is 79.2 cm³/mol. The Bertz CT molecular complexity index is 566. The number of nitrogens with one attached hydrogen (secondary N) is 1. The van der Waals surface area contributed by atoms with E-state index in [4.69, 9.17) is 0 Å². The quantitative estimate of drug-likeness (QED) is 0.873. The number of hydrogen-bond acceptors (Lipinski definition) is 2. The fraction of sp³-hybridized carbons (Fsp3) is 0.294. The van der Waals surface area contributed by atoms with Gasteiger partial charge in [-0.25, -0.2) is 4.39 Å². The summed E-state index contributed by atoms with van der Waals surface area (Å²) in [5.41, 5.74) is 2.88. The summed E-state index contributed by atoms with van der Waals surface area (Å²) in [5.74, 6) is 0.146. The van der Waals surface area contributed by atoms with Gasteiger partial charge in [0.1, 0.15) is 11.6 Å². The van der Waals surface area contributed by atoms with Crippen LogP contribution < -0.4 is 5.32 Å². The van der Waals surface area contributed by atoms with Crippen molar-refractivity contribution in [3.63, 3.8) is 0 Å². The molecule has 0 radical (unpaired) electrons. The van der Waals surface area contributed by atoms with Gasteiger partial charge < -0.3 is 10.4 Å². The smallest absolute Gasteiger partial charge is 0.123 e. The van der Waals surface area contributed by atoms with E-state index in [1.54, 1.807) is 12.1 Å². The molecule has 0 heterocycles. The van der Waals surface area contributed by atoms with Gasteiger partial charge in [-0.1, -0.05) is 30.3 Å². The van der Waals surface area contributed by atoms with Gasteiger partial charge in [0, 0.05) is 18.2 Å². The number of aryl methyl sites for hydroxylation is 1. The lowest BCUT2D eigenvalue weighted by molar-refractivity contribution is 0.454. The average molecular weight is 273 g/mol. The minimum absolute atomic E-state index is 0.209. The van der Waals surface area contributed by atoms with Crippen molar-refractivity contribution in [3.05, 3.63) is 65.0 Å². The first-order chi connectivity index (χ1) is 9.56. The number of halogens is 1. The lowest BCUT2D eigenvalue weighted by Crippen LogP contribution is -2.27. The second-order valence-corrected chi connectivity index (χ2v) is 5.20. The number of benzene rings is 2. The van der Waals surface area contributed by atoms with Gasteiger partial charge in [0.05, 0.1) is 0 Å². The van der Waals surface area contributed by atoms with Gasteiger partial charge in [0.15, 0.2) is 0 Å². The number of rotatable bonds is 5. The van der Waals surface area contributed by atoms with Crippen molar-refractivity contribution in [3.8, 4) is 5.75 Å². The van der Waals surface area contributed by atoms with Gasteiger partial charge >= 0.3 is 0 Å². The number of phenols is 1. The molecule has 0 aromatic heterocycles. The van der Waals surface area contributed by atoms with Crippen LogP contribution in [-0.4, -0.2) is 11.1 Å². The lowest BCUT2D eigenvalue weighted by Gasteiger charge is -2.15. The Morgan fingerprint density at radius 1 is 1.15 bits per heavy atom. The number of para-hydroxylation sites is 1. The maximum Gasteiger partial charge on any atom is 0.123 e. The summed E-state index contributed by atoms with van der Waals surface area (Å²) in [7, 11) is 0. The molecule has 0 saturated carbocycles. The van der Waals surface area contributed by atoms with Crippen LogP contribution in [0.15, 0.2) is 42.5 Å². The van der Waals surface area contributed by atoms with Crippen LogP contribution in [0.25, 0.3) is 0 Å². The lowest BCUT2D eigenvalue weighted by atomic mass is 10.1. The third kappa shape index (κ3) is 3.81. The summed E-state index contributed by atoms with van der Waals surface area (Å²) >= 11 is 0. The van der Waals surface area contributed by atoms with E-state index in [-0.39, 0.29) is 11.9 Å². The molecule has 2 aromatic rings. The molecule has 1 unspecified atom stereocenters. The maximum atomic E-state index is 12.8. The zero-order valence-electron chi connectivity index (χ0n) is 11.9. The zero-order chi connectivity index (χ0) is 14.5. The Balaban J connectivity index is 1.90. The number of hydrogen-bond donors (Lipinski definition) is 2. The molecule has 0 aliphatic rings. The molecule has 20 heavy (non-hydrogen) atoms. The van der Waals surface area contributed by atoms with Gasteiger partial charge in [-0.15, -0.1) is 0 Å². The van der Waals surface area contributed by atoms with E-state index in [9.17, 15) is 9.50 Å². The van der Waals surface area contributed by atoms with Crippen molar-refractivity contribution < 1.29 is 9.50 Å². The van der Waals surface area contributed by atoms with Crippen LogP contribution in [-0.2, 0) is 13.0 Å². The Morgan fingerprint density at radius 2 is 1.85 bits per heavy atom. The van der Waals surface area contributed by atoms with Crippen LogP contribution in [0, 0.1) is 12.7 Å². The van der Waals surface area contributed by atoms with Crippen molar-refractivity contribution in [2.24, 2.45) is 0 Å². The first-order valence-electron chi connectivity index (χ1n) is 6.81. The SMILES string of the molecule is Cc1cccc(CNC(C)Cc2ccc(F)cc2)c1O. The molecular weight excluding hydrogens is 253 g/mol. The van der Waals surface area contributed by atoms with E-state index < -0.39 is 0 Å². The molecular formula is C17H20FNO. The van der Waals surface area contributed by atoms with Gasteiger partial charge in [-0.05, 0) is 43.5 Å². The standard InChI is InChI=1S/C17H20FNO/c1-12-4-3-5-15(17(12)20)11-19-13(2)10-14-6-8-16(18)9-7-14/h3-9,13,19-20H,10-11H2,1-2H3. The molecule has 2 nitrogen and oxygen atoms in total. The van der Waals surface area contributed by atoms with E-state index in [0.717, 1.165) is 23.1 Å². The van der Waals surface area contributed by atoms with Crippen molar-refractivity contribution in [1.82, 2.24) is 5.32 Å². The van der Waals surface area contributed by atoms with Crippen LogP contribution in [0.1, 0.15) is 23.6 Å². The van der Waals surface area contributed by atoms with Crippen LogP contribution in [0.4, 0.5) is 4.39 Å². The molecule has 0 aliphatic carbocycles. The van der Waals surface area contributed by atoms with E-state index in [1.807, 2.05) is 25.1 Å². The number of aromatic hydroxyl groups is 1. The summed E-state index contributed by atoms with van der Waals surface area (Å²) in [5, 5.41) is 13.3. The third-order valence-electron chi connectivity index (χ3n) is 3.42. The molecule has 1 atom stereocenters. The minimum atomic E-state index is -0.209. The molecule has 0 saturated heterocycles. The highest BCUT2D eigenvalue weighted by Gasteiger charge is 2.07. The van der Waals surface area contributed by atoms with Crippen molar-refractivity contribution in [1.29, 1.82) is 0 Å². The molecule has 106 valence electrons. The van der Waals surface area contributed by atoms with Gasteiger partial charge in [-0.3, -0.25) is 0 Å². The summed E-state index contributed by atoms with van der Waals surface area (Å²) in [6, 6.07) is 12.6. The fourth-order valence-corrected chi connectivity index (χ4v) is 2.19. The largest absolute Gasteiger partial charge is 0.507 e. The van der Waals surface area contributed by atoms with Gasteiger partial charge in [0.25, 0.3) is 0 Å². The van der Waals surface area contributed by atoms with Gasteiger partial charge in [0.2, 0.25) is 0 Å². The summed E-state index contributed by atoms with van der Waals surface area (Å²) in [6.45, 7) is 4.59. The topological polar surface area (TPSA) is 32.3 Å². The van der Waals surface area contributed by atoms with E-state index >= 15 is 0 Å². The Kier molecular flexibility index (Phi) is 4.74. The Hall–Kier alpha value is -1.87. The van der Waals surface area contributed by atoms with E-state index in [2.05, 4.69) is 12.2 Å². The van der Waals surface area contributed by atoms with Crippen LogP contribution in [0.5, 0.6) is 5.75 Å². The van der Waals surface area contributed by atoms with Crippen molar-refractivity contribution in [2.75, 3.05) is 0 Å². The molecule has 0 bridgehead atoms. The highest BCUT2D eigenvalue weighted by atomic mass is 19.1. The maximum absolute atomic E-state index is 12.8. The van der Waals surface area contributed by atoms with Crippen LogP contribution in [0.2, 0.25) is 0 Å². The van der Waals surface area contributed by atoms with Crippen LogP contribution >= 0.6 is 0 Å². The molecule has 3 heteroatoms. The number of phenolic OH excluding ortho intramolecular Hbond substituents is 1. The minimum Gasteiger partial charge on any atom is -0.507 e. The molecule has 2 aromatic carbocycles. The highest BCUT2D eigenvalue weighted by molar-refractivity contribution is 5.39. The van der Waals surface area contributed by atoms with Crippen LogP contribution in [0.3, 0.4) is 0 Å². The molecule has 0 fully saturated rings. The average Bonchev–Trinajstić information content (AvgIpc) is 2.43. The monoisotopic (exact) mass is 273 g/mol. The first-order valence-corrected chi connectivity index (χ1v) is 6.81.